The van der Waals surface area contributed by atoms with Gasteiger partial charge in [0.15, 0.2) is 11.8 Å². The zero-order valence-electron chi connectivity index (χ0n) is 19.6. The highest BCUT2D eigenvalue weighted by Crippen LogP contribution is 2.19. The molecule has 0 aliphatic carbocycles. The van der Waals surface area contributed by atoms with E-state index in [1.54, 1.807) is 7.11 Å². The first-order valence-electron chi connectivity index (χ1n) is 11.1. The number of aromatic nitrogens is 4. The minimum atomic E-state index is 0.540. The summed E-state index contributed by atoms with van der Waals surface area (Å²) in [6, 6.07) is 14.5. The van der Waals surface area contributed by atoms with E-state index in [1.807, 2.05) is 42.8 Å². The fraction of sp³-hybridized carbons (Fsp3) is 0.320. The molecule has 172 valence electrons. The Morgan fingerprint density at radius 2 is 1.91 bits per heavy atom. The van der Waals surface area contributed by atoms with Crippen molar-refractivity contribution in [3.05, 3.63) is 77.0 Å². The van der Waals surface area contributed by atoms with E-state index >= 15 is 0 Å². The molecule has 0 bridgehead atoms. The van der Waals surface area contributed by atoms with Crippen molar-refractivity contribution >= 4 is 16.9 Å². The van der Waals surface area contributed by atoms with E-state index in [2.05, 4.69) is 57.1 Å². The van der Waals surface area contributed by atoms with E-state index in [9.17, 15) is 0 Å². The predicted molar refractivity (Wildman–Crippen MR) is 131 cm³/mol. The maximum atomic E-state index is 5.24. The van der Waals surface area contributed by atoms with E-state index in [0.29, 0.717) is 13.1 Å². The SMILES string of the molecule is COc1ccc(CN=C(NCCc2c[nH]c3cc(C)ccc23)NCc2nnc(C)n2C)cc1. The standard InChI is InChI=1S/C25H31N7O/c1-17-5-10-22-20(15-27-23(22)13-17)11-12-26-25(29-16-24-31-30-18(2)32(24)3)28-14-19-6-8-21(33-4)9-7-19/h5-10,13,15,27H,11-12,14,16H2,1-4H3,(H2,26,28,29). The van der Waals surface area contributed by atoms with Crippen LogP contribution in [0.3, 0.4) is 0 Å². The number of H-pyrrole nitrogens is 1. The van der Waals surface area contributed by atoms with Crippen molar-refractivity contribution in [3.8, 4) is 5.75 Å². The van der Waals surface area contributed by atoms with Gasteiger partial charge in [0.05, 0.1) is 20.2 Å². The van der Waals surface area contributed by atoms with E-state index in [4.69, 9.17) is 9.73 Å². The van der Waals surface area contributed by atoms with Gasteiger partial charge in [0.2, 0.25) is 0 Å². The van der Waals surface area contributed by atoms with Crippen molar-refractivity contribution < 1.29 is 4.74 Å². The average Bonchev–Trinajstić information content (AvgIpc) is 3.37. The lowest BCUT2D eigenvalue weighted by Crippen LogP contribution is -2.38. The number of benzene rings is 2. The predicted octanol–water partition coefficient (Wildman–Crippen LogP) is 3.40. The van der Waals surface area contributed by atoms with Crippen molar-refractivity contribution in [3.63, 3.8) is 0 Å². The molecule has 33 heavy (non-hydrogen) atoms. The summed E-state index contributed by atoms with van der Waals surface area (Å²) < 4.78 is 7.22. The number of fused-ring (bicyclic) bond motifs is 1. The quantitative estimate of drug-likeness (QED) is 0.286. The molecule has 8 heteroatoms. The van der Waals surface area contributed by atoms with Gasteiger partial charge in [-0.3, -0.25) is 0 Å². The van der Waals surface area contributed by atoms with Gasteiger partial charge in [-0.25, -0.2) is 4.99 Å². The molecule has 8 nitrogen and oxygen atoms in total. The van der Waals surface area contributed by atoms with Crippen molar-refractivity contribution in [2.45, 2.75) is 33.4 Å². The number of aromatic amines is 1. The molecule has 0 amide bonds. The largest absolute Gasteiger partial charge is 0.497 e. The first-order valence-corrected chi connectivity index (χ1v) is 11.1. The van der Waals surface area contributed by atoms with Gasteiger partial charge >= 0.3 is 0 Å². The number of hydrogen-bond donors (Lipinski definition) is 3. The van der Waals surface area contributed by atoms with Crippen molar-refractivity contribution in [1.29, 1.82) is 0 Å². The molecular weight excluding hydrogens is 414 g/mol. The van der Waals surface area contributed by atoms with Crippen LogP contribution in [0.1, 0.15) is 28.3 Å². The summed E-state index contributed by atoms with van der Waals surface area (Å²) in [4.78, 5) is 8.16. The minimum Gasteiger partial charge on any atom is -0.497 e. The molecule has 0 saturated heterocycles. The summed E-state index contributed by atoms with van der Waals surface area (Å²) in [6.45, 7) is 5.91. The number of nitrogens with zero attached hydrogens (tertiary/aromatic N) is 4. The molecule has 2 aromatic heterocycles. The van der Waals surface area contributed by atoms with Crippen molar-refractivity contribution in [1.82, 2.24) is 30.4 Å². The number of nitrogens with one attached hydrogen (secondary N) is 3. The number of aryl methyl sites for hydroxylation is 2. The van der Waals surface area contributed by atoms with Crippen LogP contribution in [-0.4, -0.2) is 39.4 Å². The maximum absolute atomic E-state index is 5.24. The molecule has 4 aromatic rings. The van der Waals surface area contributed by atoms with Gasteiger partial charge in [0.1, 0.15) is 11.6 Å². The van der Waals surface area contributed by atoms with E-state index in [0.717, 1.165) is 41.9 Å². The highest BCUT2D eigenvalue weighted by atomic mass is 16.5. The zero-order chi connectivity index (χ0) is 23.2. The Labute approximate surface area is 194 Å². The summed E-state index contributed by atoms with van der Waals surface area (Å²) in [7, 11) is 3.63. The van der Waals surface area contributed by atoms with Gasteiger partial charge in [-0.2, -0.15) is 0 Å². The fourth-order valence-electron chi connectivity index (χ4n) is 3.67. The molecular formula is C25H31N7O. The van der Waals surface area contributed by atoms with Crippen molar-refractivity contribution in [2.75, 3.05) is 13.7 Å². The number of guanidine groups is 1. The molecule has 0 saturated carbocycles. The normalized spacial score (nSPS) is 11.7. The number of rotatable bonds is 8. The lowest BCUT2D eigenvalue weighted by atomic mass is 10.1. The second-order valence-electron chi connectivity index (χ2n) is 8.13. The lowest BCUT2D eigenvalue weighted by Gasteiger charge is -2.13. The summed E-state index contributed by atoms with van der Waals surface area (Å²) in [6.07, 6.45) is 2.98. The zero-order valence-corrected chi connectivity index (χ0v) is 19.6. The molecule has 4 rings (SSSR count). The van der Waals surface area contributed by atoms with Gasteiger partial charge in [0.25, 0.3) is 0 Å². The fourth-order valence-corrected chi connectivity index (χ4v) is 3.67. The first kappa shape index (κ1) is 22.4. The van der Waals surface area contributed by atoms with Gasteiger partial charge in [0, 0.05) is 30.7 Å². The van der Waals surface area contributed by atoms with Crippen LogP contribution >= 0.6 is 0 Å². The van der Waals surface area contributed by atoms with Crippen LogP contribution in [0.15, 0.2) is 53.7 Å². The van der Waals surface area contributed by atoms with Crippen LogP contribution in [-0.2, 0) is 26.6 Å². The Kier molecular flexibility index (Phi) is 6.92. The van der Waals surface area contributed by atoms with E-state index < -0.39 is 0 Å². The third-order valence-electron chi connectivity index (χ3n) is 5.79. The Hall–Kier alpha value is -3.81. The monoisotopic (exact) mass is 445 g/mol. The van der Waals surface area contributed by atoms with Crippen LogP contribution in [0.2, 0.25) is 0 Å². The topological polar surface area (TPSA) is 92.2 Å². The summed E-state index contributed by atoms with van der Waals surface area (Å²) in [5, 5.41) is 16.5. The minimum absolute atomic E-state index is 0.540. The average molecular weight is 446 g/mol. The smallest absolute Gasteiger partial charge is 0.191 e. The molecule has 2 aromatic carbocycles. The second kappa shape index (κ2) is 10.2. The van der Waals surface area contributed by atoms with Crippen molar-refractivity contribution in [2.24, 2.45) is 12.0 Å². The molecule has 0 unspecified atom stereocenters. The number of hydrogen-bond acceptors (Lipinski definition) is 4. The number of ether oxygens (including phenoxy) is 1. The van der Waals surface area contributed by atoms with Gasteiger partial charge in [-0.05, 0) is 55.2 Å². The third-order valence-corrected chi connectivity index (χ3v) is 5.79. The summed E-state index contributed by atoms with van der Waals surface area (Å²) >= 11 is 0. The Morgan fingerprint density at radius 1 is 1.09 bits per heavy atom. The number of methoxy groups -OCH3 is 1. The van der Waals surface area contributed by atoms with Crippen LogP contribution in [0, 0.1) is 13.8 Å². The van der Waals surface area contributed by atoms with Gasteiger partial charge in [-0.1, -0.05) is 24.3 Å². The Balaban J connectivity index is 1.42. The molecule has 0 aliphatic rings. The molecule has 0 radical (unpaired) electrons. The van der Waals surface area contributed by atoms with Crippen LogP contribution < -0.4 is 15.4 Å². The number of aliphatic imine (C=N–C) groups is 1. The van der Waals surface area contributed by atoms with Crippen LogP contribution in [0.4, 0.5) is 0 Å². The Morgan fingerprint density at radius 3 is 2.64 bits per heavy atom. The third kappa shape index (κ3) is 5.52. The molecule has 3 N–H and O–H groups in total. The lowest BCUT2D eigenvalue weighted by molar-refractivity contribution is 0.414. The maximum Gasteiger partial charge on any atom is 0.191 e. The first-order chi connectivity index (χ1) is 16.0. The molecule has 0 fully saturated rings. The van der Waals surface area contributed by atoms with Gasteiger partial charge in [-0.15, -0.1) is 10.2 Å². The highest BCUT2D eigenvalue weighted by Gasteiger charge is 2.08. The highest BCUT2D eigenvalue weighted by molar-refractivity contribution is 5.84. The molecule has 2 heterocycles. The van der Waals surface area contributed by atoms with Crippen LogP contribution in [0.25, 0.3) is 10.9 Å². The molecule has 0 aliphatic heterocycles. The van der Waals surface area contributed by atoms with E-state index in [1.165, 1.54) is 22.0 Å². The second-order valence-corrected chi connectivity index (χ2v) is 8.13. The van der Waals surface area contributed by atoms with E-state index in [-0.39, 0.29) is 0 Å². The molecule has 0 spiro atoms. The summed E-state index contributed by atoms with van der Waals surface area (Å²) in [5.74, 6) is 3.32. The molecule has 0 atom stereocenters. The summed E-state index contributed by atoms with van der Waals surface area (Å²) in [5.41, 5.74) is 4.83. The van der Waals surface area contributed by atoms with Crippen LogP contribution in [0.5, 0.6) is 5.75 Å². The van der Waals surface area contributed by atoms with Gasteiger partial charge < -0.3 is 24.9 Å². The Bertz CT molecular complexity index is 1240.